The van der Waals surface area contributed by atoms with Gasteiger partial charge in [0.25, 0.3) is 0 Å². The fourth-order valence-corrected chi connectivity index (χ4v) is 5.98. The molecule has 9 heteroatoms. The van der Waals surface area contributed by atoms with Gasteiger partial charge in [0, 0.05) is 34.9 Å². The van der Waals surface area contributed by atoms with Crippen molar-refractivity contribution in [3.05, 3.63) is 102 Å². The van der Waals surface area contributed by atoms with E-state index in [9.17, 15) is 4.79 Å². The van der Waals surface area contributed by atoms with E-state index in [1.807, 2.05) is 72.2 Å². The molecule has 6 rings (SSSR count). The summed E-state index contributed by atoms with van der Waals surface area (Å²) >= 11 is 3.02. The Morgan fingerprint density at radius 1 is 0.872 bits per heavy atom. The van der Waals surface area contributed by atoms with Gasteiger partial charge < -0.3 is 5.32 Å². The number of amides is 1. The lowest BCUT2D eigenvalue weighted by Crippen LogP contribution is -2.14. The predicted molar refractivity (Wildman–Crippen MR) is 158 cm³/mol. The van der Waals surface area contributed by atoms with Crippen LogP contribution in [0.2, 0.25) is 0 Å². The van der Waals surface area contributed by atoms with Crippen LogP contribution >= 0.6 is 23.1 Å². The molecule has 0 saturated heterocycles. The van der Waals surface area contributed by atoms with Gasteiger partial charge in [-0.05, 0) is 80.1 Å². The molecule has 0 saturated carbocycles. The number of carbonyl (C=O) groups is 1. The van der Waals surface area contributed by atoms with Crippen LogP contribution in [0.25, 0.3) is 37.9 Å². The molecule has 6 aromatic rings. The van der Waals surface area contributed by atoms with Gasteiger partial charge in [0.1, 0.15) is 5.01 Å². The van der Waals surface area contributed by atoms with E-state index in [2.05, 4.69) is 45.6 Å². The summed E-state index contributed by atoms with van der Waals surface area (Å²) in [6.07, 6.45) is 3.46. The summed E-state index contributed by atoms with van der Waals surface area (Å²) in [4.78, 5) is 21.7. The number of aromatic nitrogens is 5. The first-order valence-electron chi connectivity index (χ1n) is 12.4. The molecule has 39 heavy (non-hydrogen) atoms. The van der Waals surface area contributed by atoms with Crippen LogP contribution in [0.1, 0.15) is 11.1 Å². The Bertz CT molecular complexity index is 1760. The quantitative estimate of drug-likeness (QED) is 0.217. The molecule has 0 radical (unpaired) electrons. The third-order valence-electron chi connectivity index (χ3n) is 6.16. The standard InChI is InChI=1S/C30H24N6OS2/c1-19-3-10-24(11-4-19)36-28(21-13-15-31-16-14-21)34-35-30(36)38-18-27(37)32-23-8-6-22(7-9-23)29-33-25-12-5-20(2)17-26(25)39-29/h3-17H,18H2,1-2H3,(H,32,37). The predicted octanol–water partition coefficient (Wildman–Crippen LogP) is 6.95. The van der Waals surface area contributed by atoms with Gasteiger partial charge in [-0.1, -0.05) is 35.5 Å². The topological polar surface area (TPSA) is 85.6 Å². The van der Waals surface area contributed by atoms with E-state index in [1.54, 1.807) is 23.7 Å². The SMILES string of the molecule is Cc1ccc(-n2c(SCC(=O)Nc3ccc(-c4nc5ccc(C)cc5s4)cc3)nnc2-c2ccncc2)cc1. The number of nitrogens with zero attached hydrogens (tertiary/aromatic N) is 5. The molecule has 0 unspecified atom stereocenters. The maximum atomic E-state index is 12.9. The van der Waals surface area contributed by atoms with E-state index in [0.29, 0.717) is 11.0 Å². The lowest BCUT2D eigenvalue weighted by molar-refractivity contribution is -0.113. The zero-order valence-electron chi connectivity index (χ0n) is 21.3. The van der Waals surface area contributed by atoms with Crippen LogP contribution in [0, 0.1) is 13.8 Å². The molecule has 3 aromatic carbocycles. The maximum Gasteiger partial charge on any atom is 0.234 e. The van der Waals surface area contributed by atoms with Gasteiger partial charge in [-0.15, -0.1) is 21.5 Å². The first kappa shape index (κ1) is 25.0. The largest absolute Gasteiger partial charge is 0.325 e. The zero-order chi connectivity index (χ0) is 26.8. The van der Waals surface area contributed by atoms with E-state index in [1.165, 1.54) is 22.0 Å². The number of hydrogen-bond acceptors (Lipinski definition) is 7. The van der Waals surface area contributed by atoms with Gasteiger partial charge in [0.05, 0.1) is 16.0 Å². The molecule has 0 aliphatic carbocycles. The number of nitrogens with one attached hydrogen (secondary N) is 1. The van der Waals surface area contributed by atoms with E-state index < -0.39 is 0 Å². The Morgan fingerprint density at radius 3 is 2.38 bits per heavy atom. The van der Waals surface area contributed by atoms with Crippen molar-refractivity contribution in [2.75, 3.05) is 11.1 Å². The number of aryl methyl sites for hydroxylation is 2. The molecule has 3 aromatic heterocycles. The van der Waals surface area contributed by atoms with Crippen molar-refractivity contribution in [3.63, 3.8) is 0 Å². The van der Waals surface area contributed by atoms with E-state index in [-0.39, 0.29) is 11.7 Å². The molecule has 7 nitrogen and oxygen atoms in total. The van der Waals surface area contributed by atoms with E-state index in [0.717, 1.165) is 38.6 Å². The van der Waals surface area contributed by atoms with Crippen molar-refractivity contribution in [3.8, 4) is 27.6 Å². The molecular formula is C30H24N6OS2. The van der Waals surface area contributed by atoms with Gasteiger partial charge in [0.15, 0.2) is 11.0 Å². The van der Waals surface area contributed by atoms with E-state index in [4.69, 9.17) is 4.98 Å². The monoisotopic (exact) mass is 548 g/mol. The summed E-state index contributed by atoms with van der Waals surface area (Å²) in [7, 11) is 0. The van der Waals surface area contributed by atoms with Gasteiger partial charge >= 0.3 is 0 Å². The summed E-state index contributed by atoms with van der Waals surface area (Å²) in [5.41, 5.74) is 6.98. The molecule has 1 N–H and O–H groups in total. The third kappa shape index (κ3) is 5.45. The van der Waals surface area contributed by atoms with Crippen LogP contribution in [0.4, 0.5) is 5.69 Å². The normalized spacial score (nSPS) is 11.1. The van der Waals surface area contributed by atoms with Crippen molar-refractivity contribution in [2.24, 2.45) is 0 Å². The second-order valence-electron chi connectivity index (χ2n) is 9.12. The molecule has 0 aliphatic heterocycles. The fraction of sp³-hybridized carbons (Fsp3) is 0.100. The van der Waals surface area contributed by atoms with Crippen LogP contribution in [-0.4, -0.2) is 36.4 Å². The lowest BCUT2D eigenvalue weighted by atomic mass is 10.2. The van der Waals surface area contributed by atoms with Crippen LogP contribution in [0.5, 0.6) is 0 Å². The Kier molecular flexibility index (Phi) is 6.91. The Labute approximate surface area is 234 Å². The summed E-state index contributed by atoms with van der Waals surface area (Å²) in [6, 6.07) is 26.0. The summed E-state index contributed by atoms with van der Waals surface area (Å²) in [6.45, 7) is 4.13. The highest BCUT2D eigenvalue weighted by molar-refractivity contribution is 7.99. The van der Waals surface area contributed by atoms with Gasteiger partial charge in [-0.3, -0.25) is 14.3 Å². The molecule has 1 amide bonds. The Balaban J connectivity index is 1.16. The summed E-state index contributed by atoms with van der Waals surface area (Å²) < 4.78 is 3.14. The third-order valence-corrected chi connectivity index (χ3v) is 8.15. The highest BCUT2D eigenvalue weighted by Gasteiger charge is 2.17. The minimum atomic E-state index is -0.118. The van der Waals surface area contributed by atoms with Crippen LogP contribution in [0.15, 0.2) is 96.4 Å². The molecule has 0 atom stereocenters. The molecule has 192 valence electrons. The summed E-state index contributed by atoms with van der Waals surface area (Å²) in [5.74, 6) is 0.774. The molecule has 0 fully saturated rings. The highest BCUT2D eigenvalue weighted by Crippen LogP contribution is 2.32. The van der Waals surface area contributed by atoms with Crippen LogP contribution in [0.3, 0.4) is 0 Å². The number of anilines is 1. The van der Waals surface area contributed by atoms with Gasteiger partial charge in [-0.25, -0.2) is 4.98 Å². The first-order chi connectivity index (χ1) is 19.0. The number of hydrogen-bond donors (Lipinski definition) is 1. The minimum Gasteiger partial charge on any atom is -0.325 e. The number of pyridine rings is 1. The molecular weight excluding hydrogens is 525 g/mol. The molecule has 0 spiro atoms. The first-order valence-corrected chi connectivity index (χ1v) is 14.2. The number of thioether (sulfide) groups is 1. The molecule has 3 heterocycles. The van der Waals surface area contributed by atoms with Crippen molar-refractivity contribution < 1.29 is 4.79 Å². The lowest BCUT2D eigenvalue weighted by Gasteiger charge is -2.11. The number of fused-ring (bicyclic) bond motifs is 1. The van der Waals surface area contributed by atoms with Gasteiger partial charge in [-0.2, -0.15) is 0 Å². The zero-order valence-corrected chi connectivity index (χ0v) is 23.0. The van der Waals surface area contributed by atoms with Crippen molar-refractivity contribution in [1.29, 1.82) is 0 Å². The Hall–Kier alpha value is -4.34. The number of rotatable bonds is 7. The molecule has 0 aliphatic rings. The molecule has 0 bridgehead atoms. The second-order valence-corrected chi connectivity index (χ2v) is 11.1. The smallest absolute Gasteiger partial charge is 0.234 e. The van der Waals surface area contributed by atoms with Crippen molar-refractivity contribution >= 4 is 44.9 Å². The maximum absolute atomic E-state index is 12.9. The van der Waals surface area contributed by atoms with Crippen LogP contribution < -0.4 is 5.32 Å². The fourth-order valence-electron chi connectivity index (χ4n) is 4.16. The van der Waals surface area contributed by atoms with E-state index >= 15 is 0 Å². The van der Waals surface area contributed by atoms with Crippen molar-refractivity contribution in [2.45, 2.75) is 19.0 Å². The number of thiazole rings is 1. The average molecular weight is 549 g/mol. The number of benzene rings is 3. The summed E-state index contributed by atoms with van der Waals surface area (Å²) in [5, 5.41) is 13.4. The van der Waals surface area contributed by atoms with Gasteiger partial charge in [0.2, 0.25) is 5.91 Å². The second kappa shape index (κ2) is 10.8. The van der Waals surface area contributed by atoms with Crippen LogP contribution in [-0.2, 0) is 4.79 Å². The average Bonchev–Trinajstić information content (AvgIpc) is 3.57. The number of carbonyl (C=O) groups excluding carboxylic acids is 1. The Morgan fingerprint density at radius 2 is 1.62 bits per heavy atom. The minimum absolute atomic E-state index is 0.118. The van der Waals surface area contributed by atoms with Crippen molar-refractivity contribution in [1.82, 2.24) is 24.7 Å². The highest BCUT2D eigenvalue weighted by atomic mass is 32.2.